The van der Waals surface area contributed by atoms with Crippen LogP contribution in [-0.2, 0) is 4.79 Å². The molecule has 6 nitrogen and oxygen atoms in total. The number of methoxy groups -OCH3 is 2. The summed E-state index contributed by atoms with van der Waals surface area (Å²) in [6.45, 7) is 3.49. The molecule has 2 aliphatic rings. The van der Waals surface area contributed by atoms with Crippen LogP contribution in [0, 0.1) is 0 Å². The van der Waals surface area contributed by atoms with Crippen molar-refractivity contribution in [2.75, 3.05) is 45.3 Å². The van der Waals surface area contributed by atoms with Gasteiger partial charge in [-0.1, -0.05) is 18.2 Å². The first kappa shape index (κ1) is 19.4. The van der Waals surface area contributed by atoms with E-state index in [4.69, 9.17) is 9.47 Å². The van der Waals surface area contributed by atoms with E-state index in [9.17, 15) is 4.79 Å². The highest BCUT2D eigenvalue weighted by Gasteiger charge is 2.28. The highest BCUT2D eigenvalue weighted by molar-refractivity contribution is 8.18. The number of ether oxygens (including phenoxy) is 2. The fourth-order valence-corrected chi connectivity index (χ4v) is 4.36. The van der Waals surface area contributed by atoms with Gasteiger partial charge in [0.1, 0.15) is 11.5 Å². The Hall–Kier alpha value is -2.93. The highest BCUT2D eigenvalue weighted by atomic mass is 32.2. The van der Waals surface area contributed by atoms with Crippen molar-refractivity contribution in [3.05, 3.63) is 59.0 Å². The lowest BCUT2D eigenvalue weighted by atomic mass is 10.1. The number of benzene rings is 2. The molecular weight excluding hydrogens is 386 g/mol. The Morgan fingerprint density at radius 2 is 1.69 bits per heavy atom. The molecule has 0 spiro atoms. The minimum Gasteiger partial charge on any atom is -0.497 e. The molecule has 0 aromatic heterocycles. The SMILES string of the molecule is COc1ccc(C=C2SC(N3CCN(c4ccccc4)CC3)=NC2=O)c(OC)c1. The van der Waals surface area contributed by atoms with E-state index in [2.05, 4.69) is 39.1 Å². The van der Waals surface area contributed by atoms with Crippen LogP contribution in [-0.4, -0.2) is 56.4 Å². The number of nitrogens with zero attached hydrogens (tertiary/aromatic N) is 3. The van der Waals surface area contributed by atoms with Crippen molar-refractivity contribution in [3.8, 4) is 11.5 Å². The van der Waals surface area contributed by atoms with Crippen molar-refractivity contribution in [2.24, 2.45) is 4.99 Å². The van der Waals surface area contributed by atoms with Crippen LogP contribution in [0.2, 0.25) is 0 Å². The van der Waals surface area contributed by atoms with E-state index < -0.39 is 0 Å². The topological polar surface area (TPSA) is 54.4 Å². The minimum atomic E-state index is -0.201. The van der Waals surface area contributed by atoms with Crippen molar-refractivity contribution in [2.45, 2.75) is 0 Å². The van der Waals surface area contributed by atoms with Crippen molar-refractivity contribution in [3.63, 3.8) is 0 Å². The van der Waals surface area contributed by atoms with Gasteiger partial charge in [-0.15, -0.1) is 0 Å². The quantitative estimate of drug-likeness (QED) is 0.721. The molecule has 0 N–H and O–H groups in total. The maximum absolute atomic E-state index is 12.5. The second kappa shape index (κ2) is 8.61. The third-order valence-electron chi connectivity index (χ3n) is 5.01. The largest absolute Gasteiger partial charge is 0.497 e. The van der Waals surface area contributed by atoms with Gasteiger partial charge in [-0.3, -0.25) is 4.79 Å². The standard InChI is InChI=1S/C22H23N3O3S/c1-27-18-9-8-16(19(15-18)28-2)14-20-21(26)23-22(29-20)25-12-10-24(11-13-25)17-6-4-3-5-7-17/h3-9,14-15H,10-13H2,1-2H3. The molecule has 29 heavy (non-hydrogen) atoms. The van der Waals surface area contributed by atoms with E-state index in [1.165, 1.54) is 17.4 Å². The third-order valence-corrected chi connectivity index (χ3v) is 6.05. The van der Waals surface area contributed by atoms with E-state index in [0.717, 1.165) is 36.9 Å². The number of rotatable bonds is 4. The number of aliphatic imine (C=N–C) groups is 1. The number of amidine groups is 1. The number of carbonyl (C=O) groups is 1. The number of thioether (sulfide) groups is 1. The number of hydrogen-bond acceptors (Lipinski definition) is 6. The van der Waals surface area contributed by atoms with Gasteiger partial charge in [0.05, 0.1) is 19.1 Å². The Balaban J connectivity index is 1.43. The molecule has 0 aliphatic carbocycles. The lowest BCUT2D eigenvalue weighted by Crippen LogP contribution is -2.47. The van der Waals surface area contributed by atoms with E-state index >= 15 is 0 Å². The number of piperazine rings is 1. The number of carbonyl (C=O) groups excluding carboxylic acids is 1. The lowest BCUT2D eigenvalue weighted by molar-refractivity contribution is -0.113. The summed E-state index contributed by atoms with van der Waals surface area (Å²) in [5.41, 5.74) is 2.06. The van der Waals surface area contributed by atoms with Crippen LogP contribution in [0.15, 0.2) is 58.4 Å². The summed E-state index contributed by atoms with van der Waals surface area (Å²) in [6.07, 6.45) is 1.84. The van der Waals surface area contributed by atoms with E-state index in [1.54, 1.807) is 20.3 Å². The Bertz CT molecular complexity index is 951. The van der Waals surface area contributed by atoms with Crippen LogP contribution in [0.5, 0.6) is 11.5 Å². The van der Waals surface area contributed by atoms with Crippen molar-refractivity contribution in [1.29, 1.82) is 0 Å². The van der Waals surface area contributed by atoms with Crippen LogP contribution in [0.4, 0.5) is 5.69 Å². The first-order chi connectivity index (χ1) is 14.2. The Morgan fingerprint density at radius 3 is 2.38 bits per heavy atom. The summed E-state index contributed by atoms with van der Waals surface area (Å²) in [5, 5.41) is 0.779. The molecule has 2 aromatic rings. The van der Waals surface area contributed by atoms with Gasteiger partial charge < -0.3 is 19.3 Å². The molecule has 1 fully saturated rings. The summed E-state index contributed by atoms with van der Waals surface area (Å²) >= 11 is 1.43. The molecule has 1 amide bonds. The molecule has 4 rings (SSSR count). The van der Waals surface area contributed by atoms with Crippen LogP contribution in [0.25, 0.3) is 6.08 Å². The van der Waals surface area contributed by atoms with Gasteiger partial charge in [-0.05, 0) is 42.1 Å². The van der Waals surface area contributed by atoms with Crippen molar-refractivity contribution >= 4 is 34.6 Å². The molecule has 2 aliphatic heterocycles. The van der Waals surface area contributed by atoms with Crippen LogP contribution in [0.1, 0.15) is 5.56 Å². The number of para-hydroxylation sites is 1. The molecule has 0 unspecified atom stereocenters. The monoisotopic (exact) mass is 409 g/mol. The van der Waals surface area contributed by atoms with Crippen LogP contribution >= 0.6 is 11.8 Å². The minimum absolute atomic E-state index is 0.201. The highest BCUT2D eigenvalue weighted by Crippen LogP contribution is 2.34. The van der Waals surface area contributed by atoms with Gasteiger partial charge >= 0.3 is 0 Å². The summed E-state index contributed by atoms with van der Waals surface area (Å²) in [5.74, 6) is 1.17. The fraction of sp³-hybridized carbons (Fsp3) is 0.273. The van der Waals surface area contributed by atoms with Crippen molar-refractivity contribution in [1.82, 2.24) is 4.90 Å². The van der Waals surface area contributed by atoms with Crippen LogP contribution in [0.3, 0.4) is 0 Å². The van der Waals surface area contributed by atoms with Crippen LogP contribution < -0.4 is 14.4 Å². The van der Waals surface area contributed by atoms with Gasteiger partial charge in [0.25, 0.3) is 5.91 Å². The molecule has 150 valence electrons. The average molecular weight is 410 g/mol. The lowest BCUT2D eigenvalue weighted by Gasteiger charge is -2.36. The summed E-state index contributed by atoms with van der Waals surface area (Å²) in [7, 11) is 3.22. The van der Waals surface area contributed by atoms with E-state index in [1.807, 2.05) is 24.3 Å². The summed E-state index contributed by atoms with van der Waals surface area (Å²) < 4.78 is 10.7. The second-order valence-electron chi connectivity index (χ2n) is 6.73. The first-order valence-corrected chi connectivity index (χ1v) is 10.3. The van der Waals surface area contributed by atoms with E-state index in [-0.39, 0.29) is 5.91 Å². The Kier molecular flexibility index (Phi) is 5.76. The van der Waals surface area contributed by atoms with Gasteiger partial charge in [-0.2, -0.15) is 4.99 Å². The Morgan fingerprint density at radius 1 is 0.966 bits per heavy atom. The predicted octanol–water partition coefficient (Wildman–Crippen LogP) is 3.50. The normalized spacial score (nSPS) is 18.2. The van der Waals surface area contributed by atoms with Gasteiger partial charge in [0.2, 0.25) is 0 Å². The number of anilines is 1. The van der Waals surface area contributed by atoms with Gasteiger partial charge in [0.15, 0.2) is 5.17 Å². The average Bonchev–Trinajstić information content (AvgIpc) is 3.15. The fourth-order valence-electron chi connectivity index (χ4n) is 3.41. The molecule has 2 heterocycles. The maximum atomic E-state index is 12.5. The van der Waals surface area contributed by atoms with Crippen molar-refractivity contribution < 1.29 is 14.3 Å². The number of amides is 1. The molecule has 7 heteroatoms. The second-order valence-corrected chi connectivity index (χ2v) is 7.74. The van der Waals surface area contributed by atoms with Gasteiger partial charge in [-0.25, -0.2) is 0 Å². The van der Waals surface area contributed by atoms with E-state index in [0.29, 0.717) is 16.4 Å². The zero-order valence-electron chi connectivity index (χ0n) is 16.5. The molecule has 2 aromatic carbocycles. The molecule has 1 saturated heterocycles. The molecular formula is C22H23N3O3S. The maximum Gasteiger partial charge on any atom is 0.286 e. The Labute approximate surface area is 174 Å². The zero-order valence-corrected chi connectivity index (χ0v) is 17.3. The molecule has 0 atom stereocenters. The first-order valence-electron chi connectivity index (χ1n) is 9.47. The molecule has 0 bridgehead atoms. The molecule has 0 saturated carbocycles. The summed E-state index contributed by atoms with van der Waals surface area (Å²) in [6, 6.07) is 15.9. The van der Waals surface area contributed by atoms with Gasteiger partial charge in [0, 0.05) is 43.5 Å². The molecule has 0 radical (unpaired) electrons. The summed E-state index contributed by atoms with van der Waals surface area (Å²) in [4.78, 5) is 21.9. The predicted molar refractivity (Wildman–Crippen MR) is 118 cm³/mol. The smallest absolute Gasteiger partial charge is 0.286 e. The number of hydrogen-bond donors (Lipinski definition) is 0. The zero-order chi connectivity index (χ0) is 20.2. The third kappa shape index (κ3) is 4.24.